The van der Waals surface area contributed by atoms with E-state index in [0.29, 0.717) is 18.2 Å². The number of hydrogen-bond acceptors (Lipinski definition) is 3. The number of hydrogen-bond donors (Lipinski definition) is 0. The Kier molecular flexibility index (Phi) is 6.24. The van der Waals surface area contributed by atoms with Crippen LogP contribution in [0.25, 0.3) is 0 Å². The van der Waals surface area contributed by atoms with Gasteiger partial charge in [0.25, 0.3) is 0 Å². The molecule has 2 heterocycles. The van der Waals surface area contributed by atoms with Crippen molar-refractivity contribution in [2.75, 3.05) is 39.3 Å². The third-order valence-corrected chi connectivity index (χ3v) is 4.82. The van der Waals surface area contributed by atoms with E-state index in [1.165, 1.54) is 0 Å². The van der Waals surface area contributed by atoms with Crippen LogP contribution in [0.5, 0.6) is 0 Å². The van der Waals surface area contributed by atoms with Gasteiger partial charge in [0.15, 0.2) is 0 Å². The predicted molar refractivity (Wildman–Crippen MR) is 87.5 cm³/mol. The smallest absolute Gasteiger partial charge is 0.239 e. The van der Waals surface area contributed by atoms with Crippen molar-refractivity contribution in [1.29, 1.82) is 0 Å². The summed E-state index contributed by atoms with van der Waals surface area (Å²) < 4.78 is 0. The number of carbonyl (C=O) groups is 2. The Balaban J connectivity index is 1.80. The summed E-state index contributed by atoms with van der Waals surface area (Å²) in [4.78, 5) is 30.7. The molecule has 2 amide bonds. The van der Waals surface area contributed by atoms with E-state index in [2.05, 4.69) is 18.7 Å². The lowest BCUT2D eigenvalue weighted by atomic mass is 10.1. The summed E-state index contributed by atoms with van der Waals surface area (Å²) in [6.07, 6.45) is 3.58. The molecule has 1 unspecified atom stereocenters. The van der Waals surface area contributed by atoms with Crippen molar-refractivity contribution < 1.29 is 9.59 Å². The largest absolute Gasteiger partial charge is 0.341 e. The first-order valence-corrected chi connectivity index (χ1v) is 8.83. The minimum absolute atomic E-state index is 0.0515. The van der Waals surface area contributed by atoms with Crippen LogP contribution in [0.2, 0.25) is 0 Å². The molecule has 2 aliphatic heterocycles. The standard InChI is InChI=1S/C17H31N3O2/c1-4-5-16(21)19-12-10-18(11-13-19)15-7-9-20(17(15)22)8-6-14(2)3/h14-15H,4-13H2,1-3H3. The lowest BCUT2D eigenvalue weighted by molar-refractivity contribution is -0.135. The summed E-state index contributed by atoms with van der Waals surface area (Å²) in [5.41, 5.74) is 0. The van der Waals surface area contributed by atoms with Gasteiger partial charge in [0, 0.05) is 45.7 Å². The molecule has 0 N–H and O–H groups in total. The zero-order chi connectivity index (χ0) is 16.1. The van der Waals surface area contributed by atoms with Crippen LogP contribution >= 0.6 is 0 Å². The van der Waals surface area contributed by atoms with Crippen molar-refractivity contribution in [3.05, 3.63) is 0 Å². The molecule has 0 aliphatic carbocycles. The molecule has 2 saturated heterocycles. The molecule has 2 aliphatic rings. The van der Waals surface area contributed by atoms with Crippen molar-refractivity contribution in [3.8, 4) is 0 Å². The normalized spacial score (nSPS) is 23.6. The van der Waals surface area contributed by atoms with Gasteiger partial charge in [-0.1, -0.05) is 20.8 Å². The second-order valence-electron chi connectivity index (χ2n) is 6.98. The highest BCUT2D eigenvalue weighted by Crippen LogP contribution is 2.20. The Morgan fingerprint density at radius 2 is 1.86 bits per heavy atom. The van der Waals surface area contributed by atoms with Crippen molar-refractivity contribution in [2.24, 2.45) is 5.92 Å². The molecule has 22 heavy (non-hydrogen) atoms. The third-order valence-electron chi connectivity index (χ3n) is 4.82. The van der Waals surface area contributed by atoms with Crippen molar-refractivity contribution >= 4 is 11.8 Å². The molecule has 0 saturated carbocycles. The van der Waals surface area contributed by atoms with Gasteiger partial charge >= 0.3 is 0 Å². The first-order valence-electron chi connectivity index (χ1n) is 8.83. The Hall–Kier alpha value is -1.10. The fraction of sp³-hybridized carbons (Fsp3) is 0.882. The van der Waals surface area contributed by atoms with E-state index in [1.54, 1.807) is 0 Å². The van der Waals surface area contributed by atoms with Crippen molar-refractivity contribution in [1.82, 2.24) is 14.7 Å². The Bertz CT molecular complexity index is 389. The van der Waals surface area contributed by atoms with Gasteiger partial charge in [0.05, 0.1) is 6.04 Å². The maximum atomic E-state index is 12.5. The van der Waals surface area contributed by atoms with Crippen LogP contribution in [-0.2, 0) is 9.59 Å². The molecule has 5 heteroatoms. The molecule has 0 aromatic carbocycles. The Morgan fingerprint density at radius 1 is 1.18 bits per heavy atom. The molecule has 0 bridgehead atoms. The summed E-state index contributed by atoms with van der Waals surface area (Å²) in [6, 6.07) is 0.0515. The van der Waals surface area contributed by atoms with Crippen molar-refractivity contribution in [2.45, 2.75) is 52.5 Å². The third kappa shape index (κ3) is 4.22. The maximum absolute atomic E-state index is 12.5. The van der Waals surface area contributed by atoms with Gasteiger partial charge in [0.2, 0.25) is 11.8 Å². The number of piperazine rings is 1. The number of likely N-dealkylation sites (tertiary alicyclic amines) is 1. The van der Waals surface area contributed by atoms with Crippen LogP contribution in [-0.4, -0.2) is 71.8 Å². The average molecular weight is 309 g/mol. The van der Waals surface area contributed by atoms with Gasteiger partial charge < -0.3 is 9.80 Å². The fourth-order valence-electron chi connectivity index (χ4n) is 3.35. The average Bonchev–Trinajstić information content (AvgIpc) is 2.86. The van der Waals surface area contributed by atoms with Crippen LogP contribution in [0.3, 0.4) is 0 Å². The summed E-state index contributed by atoms with van der Waals surface area (Å²) >= 11 is 0. The Labute approximate surface area is 134 Å². The zero-order valence-electron chi connectivity index (χ0n) is 14.4. The maximum Gasteiger partial charge on any atom is 0.239 e. The van der Waals surface area contributed by atoms with Gasteiger partial charge in [-0.2, -0.15) is 0 Å². The van der Waals surface area contributed by atoms with E-state index in [9.17, 15) is 9.59 Å². The highest BCUT2D eigenvalue weighted by molar-refractivity contribution is 5.84. The van der Waals surface area contributed by atoms with Gasteiger partial charge in [-0.3, -0.25) is 14.5 Å². The first-order chi connectivity index (χ1) is 10.5. The van der Waals surface area contributed by atoms with E-state index in [1.807, 2.05) is 16.7 Å². The van der Waals surface area contributed by atoms with Crippen LogP contribution in [0.15, 0.2) is 0 Å². The van der Waals surface area contributed by atoms with Crippen LogP contribution in [0.1, 0.15) is 46.5 Å². The molecule has 2 fully saturated rings. The fourth-order valence-corrected chi connectivity index (χ4v) is 3.35. The number of rotatable bonds is 6. The van der Waals surface area contributed by atoms with Gasteiger partial charge in [-0.15, -0.1) is 0 Å². The minimum atomic E-state index is 0.0515. The monoisotopic (exact) mass is 309 g/mol. The molecule has 0 radical (unpaired) electrons. The quantitative estimate of drug-likeness (QED) is 0.748. The summed E-state index contributed by atoms with van der Waals surface area (Å²) in [7, 11) is 0. The molecule has 126 valence electrons. The molecule has 1 atom stereocenters. The molecule has 0 aromatic heterocycles. The van der Waals surface area contributed by atoms with E-state index < -0.39 is 0 Å². The number of amides is 2. The highest BCUT2D eigenvalue weighted by atomic mass is 16.2. The summed E-state index contributed by atoms with van der Waals surface area (Å²) in [5, 5.41) is 0. The zero-order valence-corrected chi connectivity index (χ0v) is 14.4. The molecule has 5 nitrogen and oxygen atoms in total. The van der Waals surface area contributed by atoms with E-state index in [-0.39, 0.29) is 11.9 Å². The van der Waals surface area contributed by atoms with E-state index in [4.69, 9.17) is 0 Å². The van der Waals surface area contributed by atoms with E-state index in [0.717, 1.165) is 58.5 Å². The molecule has 2 rings (SSSR count). The minimum Gasteiger partial charge on any atom is -0.341 e. The SMILES string of the molecule is CCCC(=O)N1CCN(C2CCN(CCC(C)C)C2=O)CC1. The van der Waals surface area contributed by atoms with Gasteiger partial charge in [-0.05, 0) is 25.2 Å². The van der Waals surface area contributed by atoms with Crippen LogP contribution in [0.4, 0.5) is 0 Å². The predicted octanol–water partition coefficient (Wildman–Crippen LogP) is 1.58. The lowest BCUT2D eigenvalue weighted by Crippen LogP contribution is -2.53. The molecular weight excluding hydrogens is 278 g/mol. The van der Waals surface area contributed by atoms with Crippen molar-refractivity contribution in [3.63, 3.8) is 0 Å². The van der Waals surface area contributed by atoms with E-state index >= 15 is 0 Å². The van der Waals surface area contributed by atoms with Crippen LogP contribution < -0.4 is 0 Å². The molecule has 0 spiro atoms. The van der Waals surface area contributed by atoms with Gasteiger partial charge in [-0.25, -0.2) is 0 Å². The molecular formula is C17H31N3O2. The van der Waals surface area contributed by atoms with Crippen LogP contribution in [0, 0.1) is 5.92 Å². The Morgan fingerprint density at radius 3 is 2.45 bits per heavy atom. The topological polar surface area (TPSA) is 43.9 Å². The molecule has 0 aromatic rings. The first kappa shape index (κ1) is 17.3. The second kappa shape index (κ2) is 7.95. The summed E-state index contributed by atoms with van der Waals surface area (Å²) in [5.74, 6) is 1.20. The lowest BCUT2D eigenvalue weighted by Gasteiger charge is -2.37. The second-order valence-corrected chi connectivity index (χ2v) is 6.98. The highest BCUT2D eigenvalue weighted by Gasteiger charge is 2.37. The number of carbonyl (C=O) groups excluding carboxylic acids is 2. The number of nitrogens with zero attached hydrogens (tertiary/aromatic N) is 3. The van der Waals surface area contributed by atoms with Gasteiger partial charge in [0.1, 0.15) is 0 Å². The summed E-state index contributed by atoms with van der Waals surface area (Å²) in [6.45, 7) is 11.4.